The summed E-state index contributed by atoms with van der Waals surface area (Å²) in [4.78, 5) is 17.2. The van der Waals surface area contributed by atoms with Gasteiger partial charge in [0.25, 0.3) is 0 Å². The van der Waals surface area contributed by atoms with Crippen molar-refractivity contribution in [3.8, 4) is 0 Å². The van der Waals surface area contributed by atoms with E-state index in [-0.39, 0.29) is 5.56 Å². The van der Waals surface area contributed by atoms with E-state index in [0.717, 1.165) is 0 Å². The highest BCUT2D eigenvalue weighted by atomic mass is 16.5. The zero-order chi connectivity index (χ0) is 14.8. The lowest BCUT2D eigenvalue weighted by Gasteiger charge is -2.35. The van der Waals surface area contributed by atoms with E-state index in [4.69, 9.17) is 9.84 Å². The highest BCUT2D eigenvalue weighted by molar-refractivity contribution is 5.88. The average Bonchev–Trinajstić information content (AvgIpc) is 2.38. The molecule has 1 aliphatic rings. The number of carboxylic acid groups (broad SMARTS) is 1. The molecule has 1 aromatic rings. The number of aliphatic hydroxyl groups is 1. The molecule has 6 heteroatoms. The molecular formula is C14H20N2O4. The van der Waals surface area contributed by atoms with E-state index in [9.17, 15) is 9.90 Å². The van der Waals surface area contributed by atoms with Crippen molar-refractivity contribution in [1.29, 1.82) is 0 Å². The van der Waals surface area contributed by atoms with Gasteiger partial charge in [0.15, 0.2) is 0 Å². The van der Waals surface area contributed by atoms with Crippen LogP contribution in [0.25, 0.3) is 0 Å². The highest BCUT2D eigenvalue weighted by Gasteiger charge is 2.31. The fourth-order valence-electron chi connectivity index (χ4n) is 2.40. The Morgan fingerprint density at radius 1 is 1.45 bits per heavy atom. The first-order valence-corrected chi connectivity index (χ1v) is 6.63. The molecule has 110 valence electrons. The summed E-state index contributed by atoms with van der Waals surface area (Å²) >= 11 is 0. The minimum atomic E-state index is -0.977. The fourth-order valence-corrected chi connectivity index (χ4v) is 2.40. The monoisotopic (exact) mass is 280 g/mol. The Hall–Kier alpha value is -1.66. The number of hydrogen-bond donors (Lipinski definition) is 2. The maximum atomic E-state index is 11.1. The van der Waals surface area contributed by atoms with Crippen LogP contribution >= 0.6 is 0 Å². The quantitative estimate of drug-likeness (QED) is 0.858. The van der Waals surface area contributed by atoms with Crippen LogP contribution in [-0.2, 0) is 4.74 Å². The molecule has 0 aromatic carbocycles. The zero-order valence-corrected chi connectivity index (χ0v) is 11.8. The summed E-state index contributed by atoms with van der Waals surface area (Å²) in [5.74, 6) is -0.419. The lowest BCUT2D eigenvalue weighted by molar-refractivity contribution is -0.0573. The molecule has 2 N–H and O–H groups in total. The number of nitrogens with zero attached hydrogens (tertiary/aromatic N) is 2. The average molecular weight is 280 g/mol. The molecule has 1 saturated heterocycles. The molecule has 1 aromatic heterocycles. The standard InChI is InChI=1S/C14H20N2O4/c1-10-7-11(13(17)18)8-12(15-10)16(2)9-14(19)3-5-20-6-4-14/h7-8,19H,3-6,9H2,1-2H3,(H,17,18). The predicted octanol–water partition coefficient (Wildman–Crippen LogP) is 1.07. The second-order valence-corrected chi connectivity index (χ2v) is 5.35. The normalized spacial score (nSPS) is 17.8. The van der Waals surface area contributed by atoms with Crippen molar-refractivity contribution in [3.63, 3.8) is 0 Å². The van der Waals surface area contributed by atoms with Gasteiger partial charge in [0, 0.05) is 45.3 Å². The van der Waals surface area contributed by atoms with Crippen molar-refractivity contribution in [3.05, 3.63) is 23.4 Å². The minimum Gasteiger partial charge on any atom is -0.478 e. The molecule has 0 radical (unpaired) electrons. The maximum absolute atomic E-state index is 11.1. The van der Waals surface area contributed by atoms with Gasteiger partial charge in [0.05, 0.1) is 11.2 Å². The smallest absolute Gasteiger partial charge is 0.335 e. The number of likely N-dealkylation sites (N-methyl/N-ethyl adjacent to an activating group) is 1. The lowest BCUT2D eigenvalue weighted by atomic mass is 9.94. The van der Waals surface area contributed by atoms with Crippen LogP contribution in [0.15, 0.2) is 12.1 Å². The van der Waals surface area contributed by atoms with Crippen LogP contribution in [0, 0.1) is 6.92 Å². The fraction of sp³-hybridized carbons (Fsp3) is 0.571. The van der Waals surface area contributed by atoms with Crippen LogP contribution in [0.1, 0.15) is 28.9 Å². The van der Waals surface area contributed by atoms with Gasteiger partial charge in [-0.15, -0.1) is 0 Å². The van der Waals surface area contributed by atoms with E-state index in [1.54, 1.807) is 18.9 Å². The first kappa shape index (κ1) is 14.7. The second kappa shape index (κ2) is 5.76. The second-order valence-electron chi connectivity index (χ2n) is 5.35. The van der Waals surface area contributed by atoms with Crippen LogP contribution in [0.3, 0.4) is 0 Å². The van der Waals surface area contributed by atoms with Crippen LogP contribution in [0.4, 0.5) is 5.82 Å². The van der Waals surface area contributed by atoms with Crippen LogP contribution in [-0.4, -0.2) is 53.6 Å². The molecule has 2 rings (SSSR count). The summed E-state index contributed by atoms with van der Waals surface area (Å²) in [6.45, 7) is 3.26. The predicted molar refractivity (Wildman–Crippen MR) is 74.2 cm³/mol. The van der Waals surface area contributed by atoms with Crippen LogP contribution in [0.5, 0.6) is 0 Å². The number of rotatable bonds is 4. The zero-order valence-electron chi connectivity index (χ0n) is 11.8. The Balaban J connectivity index is 2.16. The molecule has 1 aliphatic heterocycles. The molecule has 20 heavy (non-hydrogen) atoms. The van der Waals surface area contributed by atoms with Crippen molar-refractivity contribution in [2.75, 3.05) is 31.7 Å². The Bertz CT molecular complexity index is 498. The van der Waals surface area contributed by atoms with Gasteiger partial charge in [0.1, 0.15) is 5.82 Å². The van der Waals surface area contributed by atoms with Gasteiger partial charge in [0.2, 0.25) is 0 Å². The Morgan fingerprint density at radius 2 is 2.10 bits per heavy atom. The first-order chi connectivity index (χ1) is 9.39. The van der Waals surface area contributed by atoms with E-state index in [1.807, 2.05) is 0 Å². The number of ether oxygens (including phenoxy) is 1. The van der Waals surface area contributed by atoms with E-state index < -0.39 is 11.6 Å². The third-order valence-corrected chi connectivity index (χ3v) is 3.53. The Labute approximate surface area is 118 Å². The number of carbonyl (C=O) groups is 1. The number of aromatic nitrogens is 1. The maximum Gasteiger partial charge on any atom is 0.335 e. The van der Waals surface area contributed by atoms with Crippen molar-refractivity contribution in [1.82, 2.24) is 4.98 Å². The molecule has 6 nitrogen and oxygen atoms in total. The Morgan fingerprint density at radius 3 is 2.70 bits per heavy atom. The molecule has 0 amide bonds. The third kappa shape index (κ3) is 3.46. The number of anilines is 1. The van der Waals surface area contributed by atoms with Gasteiger partial charge in [-0.05, 0) is 19.1 Å². The lowest BCUT2D eigenvalue weighted by Crippen LogP contribution is -2.46. The SMILES string of the molecule is Cc1cc(C(=O)O)cc(N(C)CC2(O)CCOCC2)n1. The van der Waals surface area contributed by atoms with Gasteiger partial charge >= 0.3 is 5.97 Å². The van der Waals surface area contributed by atoms with Crippen LogP contribution < -0.4 is 4.90 Å². The molecule has 2 heterocycles. The molecule has 0 spiro atoms. The van der Waals surface area contributed by atoms with Gasteiger partial charge in [-0.1, -0.05) is 0 Å². The molecule has 0 atom stereocenters. The van der Waals surface area contributed by atoms with E-state index in [1.165, 1.54) is 12.1 Å². The topological polar surface area (TPSA) is 82.9 Å². The Kier molecular flexibility index (Phi) is 4.25. The van der Waals surface area contributed by atoms with Gasteiger partial charge in [-0.2, -0.15) is 0 Å². The molecule has 0 saturated carbocycles. The first-order valence-electron chi connectivity index (χ1n) is 6.63. The van der Waals surface area contributed by atoms with Crippen molar-refractivity contribution >= 4 is 11.8 Å². The molecule has 0 unspecified atom stereocenters. The van der Waals surface area contributed by atoms with Gasteiger partial charge in [-0.3, -0.25) is 0 Å². The summed E-state index contributed by atoms with van der Waals surface area (Å²) in [5.41, 5.74) is 0.0472. The summed E-state index contributed by atoms with van der Waals surface area (Å²) < 4.78 is 5.25. The summed E-state index contributed by atoms with van der Waals surface area (Å²) in [6, 6.07) is 3.06. The number of carboxylic acids is 1. The highest BCUT2D eigenvalue weighted by Crippen LogP contribution is 2.24. The summed E-state index contributed by atoms with van der Waals surface area (Å²) in [6.07, 6.45) is 1.16. The number of aromatic carboxylic acids is 1. The van der Waals surface area contributed by atoms with Crippen molar-refractivity contribution in [2.24, 2.45) is 0 Å². The van der Waals surface area contributed by atoms with Gasteiger partial charge < -0.3 is 19.8 Å². The number of pyridine rings is 1. The molecule has 1 fully saturated rings. The molecule has 0 aliphatic carbocycles. The minimum absolute atomic E-state index is 0.207. The van der Waals surface area contributed by atoms with E-state index in [0.29, 0.717) is 44.1 Å². The van der Waals surface area contributed by atoms with Crippen molar-refractivity contribution in [2.45, 2.75) is 25.4 Å². The summed E-state index contributed by atoms with van der Waals surface area (Å²) in [7, 11) is 1.81. The number of hydrogen-bond acceptors (Lipinski definition) is 5. The molecular weight excluding hydrogens is 260 g/mol. The number of aryl methyl sites for hydroxylation is 1. The van der Waals surface area contributed by atoms with Gasteiger partial charge in [-0.25, -0.2) is 9.78 Å². The molecule has 0 bridgehead atoms. The van der Waals surface area contributed by atoms with E-state index >= 15 is 0 Å². The summed E-state index contributed by atoms with van der Waals surface area (Å²) in [5, 5.41) is 19.6. The van der Waals surface area contributed by atoms with E-state index in [2.05, 4.69) is 4.98 Å². The largest absolute Gasteiger partial charge is 0.478 e. The van der Waals surface area contributed by atoms with Crippen molar-refractivity contribution < 1.29 is 19.7 Å². The third-order valence-electron chi connectivity index (χ3n) is 3.53. The van der Waals surface area contributed by atoms with Crippen LogP contribution in [0.2, 0.25) is 0 Å².